The quantitative estimate of drug-likeness (QED) is 0.390. The molecule has 15 heavy (non-hydrogen) atoms. The predicted molar refractivity (Wildman–Crippen MR) is 53.0 cm³/mol. The molecule has 0 bridgehead atoms. The number of carbonyl (C=O) groups is 1. The van der Waals surface area contributed by atoms with Gasteiger partial charge in [-0.25, -0.2) is 5.84 Å². The molecule has 1 rings (SSSR count). The van der Waals surface area contributed by atoms with Gasteiger partial charge in [0.1, 0.15) is 6.54 Å². The number of tetrazole rings is 1. The van der Waals surface area contributed by atoms with Crippen LogP contribution in [0.4, 0.5) is 0 Å². The fourth-order valence-electron chi connectivity index (χ4n) is 0.942. The van der Waals surface area contributed by atoms with Gasteiger partial charge in [0.05, 0.1) is 0 Å². The van der Waals surface area contributed by atoms with Gasteiger partial charge in [-0.05, 0) is 10.6 Å². The molecule has 0 saturated carbocycles. The lowest BCUT2D eigenvalue weighted by atomic mass is 9.92. The van der Waals surface area contributed by atoms with Crippen LogP contribution in [-0.2, 0) is 11.3 Å². The van der Waals surface area contributed by atoms with Crippen molar-refractivity contribution < 1.29 is 4.79 Å². The molecule has 0 saturated heterocycles. The number of nitrogens with one attached hydrogen (secondary N) is 1. The van der Waals surface area contributed by atoms with E-state index in [1.54, 1.807) is 0 Å². The highest BCUT2D eigenvalue weighted by Gasteiger charge is 2.16. The third-order valence-corrected chi connectivity index (χ3v) is 1.48. The molecule has 0 aromatic carbocycles. The first-order chi connectivity index (χ1) is 6.90. The number of aromatic nitrogens is 4. The molecule has 0 unspecified atom stereocenters. The maximum Gasteiger partial charge on any atom is 0.257 e. The number of hydrazine groups is 1. The Balaban J connectivity index is 2.60. The van der Waals surface area contributed by atoms with Crippen LogP contribution in [0.2, 0.25) is 0 Å². The van der Waals surface area contributed by atoms with Crippen LogP contribution < -0.4 is 11.3 Å². The molecular formula is C8H15N6O. The lowest BCUT2D eigenvalue weighted by molar-refractivity contribution is -0.122. The van der Waals surface area contributed by atoms with E-state index in [1.165, 1.54) is 4.80 Å². The maximum atomic E-state index is 10.9. The third kappa shape index (κ3) is 4.03. The Hall–Kier alpha value is -1.50. The van der Waals surface area contributed by atoms with E-state index in [4.69, 9.17) is 5.84 Å². The van der Waals surface area contributed by atoms with Crippen LogP contribution in [0.15, 0.2) is 0 Å². The van der Waals surface area contributed by atoms with Crippen molar-refractivity contribution in [2.75, 3.05) is 0 Å². The number of carbonyl (C=O) groups excluding carboxylic acids is 1. The van der Waals surface area contributed by atoms with Crippen LogP contribution in [0.25, 0.3) is 0 Å². The van der Waals surface area contributed by atoms with E-state index >= 15 is 0 Å². The zero-order valence-corrected chi connectivity index (χ0v) is 9.06. The van der Waals surface area contributed by atoms with E-state index < -0.39 is 0 Å². The molecule has 83 valence electrons. The number of nitrogens with zero attached hydrogens (tertiary/aromatic N) is 4. The predicted octanol–water partition coefficient (Wildman–Crippen LogP) is -0.739. The molecule has 0 fully saturated rings. The molecular weight excluding hydrogens is 196 g/mol. The highest BCUT2D eigenvalue weighted by Crippen LogP contribution is 2.19. The van der Waals surface area contributed by atoms with Crippen molar-refractivity contribution in [1.29, 1.82) is 0 Å². The lowest BCUT2D eigenvalue weighted by Gasteiger charge is -2.13. The molecule has 1 heterocycles. The Morgan fingerprint density at radius 3 is 2.80 bits per heavy atom. The number of rotatable bonds is 3. The Morgan fingerprint density at radius 1 is 1.60 bits per heavy atom. The fourth-order valence-corrected chi connectivity index (χ4v) is 0.942. The third-order valence-electron chi connectivity index (χ3n) is 1.48. The highest BCUT2D eigenvalue weighted by atomic mass is 16.2. The Morgan fingerprint density at radius 2 is 2.27 bits per heavy atom. The van der Waals surface area contributed by atoms with Gasteiger partial charge in [0, 0.05) is 6.42 Å². The molecule has 1 aromatic heterocycles. The van der Waals surface area contributed by atoms with E-state index in [0.29, 0.717) is 5.82 Å². The smallest absolute Gasteiger partial charge is 0.257 e. The molecule has 0 atom stereocenters. The van der Waals surface area contributed by atoms with Crippen molar-refractivity contribution in [2.24, 2.45) is 11.3 Å². The fraction of sp³-hybridized carbons (Fsp3) is 0.625. The van der Waals surface area contributed by atoms with E-state index in [0.717, 1.165) is 0 Å². The lowest BCUT2D eigenvalue weighted by Crippen LogP contribution is -2.33. The second kappa shape index (κ2) is 4.35. The molecule has 7 nitrogen and oxygen atoms in total. The topological polar surface area (TPSA) is 98.7 Å². The van der Waals surface area contributed by atoms with E-state index in [-0.39, 0.29) is 17.9 Å². The van der Waals surface area contributed by atoms with Crippen LogP contribution >= 0.6 is 0 Å². The first-order valence-corrected chi connectivity index (χ1v) is 4.54. The standard InChI is InChI=1S/C8H15N6O/c1-8(2,3)4-6-11-13-14(12-6)5-7(15)10-9/h4H,5,9H2,1-3H3,(H,10,15). The summed E-state index contributed by atoms with van der Waals surface area (Å²) in [6.45, 7) is 6.06. The highest BCUT2D eigenvalue weighted by molar-refractivity contribution is 5.74. The van der Waals surface area contributed by atoms with Crippen molar-refractivity contribution in [3.63, 3.8) is 0 Å². The van der Waals surface area contributed by atoms with Crippen molar-refractivity contribution in [3.8, 4) is 0 Å². The molecule has 3 N–H and O–H groups in total. The van der Waals surface area contributed by atoms with Crippen LogP contribution in [-0.4, -0.2) is 26.1 Å². The van der Waals surface area contributed by atoms with Crippen LogP contribution in [0.3, 0.4) is 0 Å². The monoisotopic (exact) mass is 211 g/mol. The number of hydrogen-bond acceptors (Lipinski definition) is 5. The Labute approximate surface area is 88.0 Å². The van der Waals surface area contributed by atoms with Crippen molar-refractivity contribution in [1.82, 2.24) is 25.6 Å². The second-order valence-electron chi connectivity index (χ2n) is 4.26. The van der Waals surface area contributed by atoms with Crippen LogP contribution in [0.5, 0.6) is 0 Å². The van der Waals surface area contributed by atoms with Crippen LogP contribution in [0, 0.1) is 11.8 Å². The summed E-state index contributed by atoms with van der Waals surface area (Å²) >= 11 is 0. The summed E-state index contributed by atoms with van der Waals surface area (Å²) in [5, 5.41) is 11.5. The largest absolute Gasteiger partial charge is 0.293 e. The molecule has 7 heteroatoms. The van der Waals surface area contributed by atoms with Crippen molar-refractivity contribution in [2.45, 2.75) is 27.3 Å². The van der Waals surface area contributed by atoms with Gasteiger partial charge in [0.25, 0.3) is 5.91 Å². The molecule has 1 amide bonds. The van der Waals surface area contributed by atoms with Gasteiger partial charge >= 0.3 is 0 Å². The molecule has 0 spiro atoms. The molecule has 0 aliphatic rings. The summed E-state index contributed by atoms with van der Waals surface area (Å²) in [5.41, 5.74) is 1.97. The van der Waals surface area contributed by atoms with Gasteiger partial charge in [-0.2, -0.15) is 4.80 Å². The SMILES string of the molecule is CC(C)(C)[CH]c1nnn(CC(=O)NN)n1. The molecule has 1 radical (unpaired) electrons. The summed E-state index contributed by atoms with van der Waals surface area (Å²) in [7, 11) is 0. The average molecular weight is 211 g/mol. The second-order valence-corrected chi connectivity index (χ2v) is 4.26. The van der Waals surface area contributed by atoms with Gasteiger partial charge in [-0.1, -0.05) is 20.8 Å². The zero-order chi connectivity index (χ0) is 11.5. The van der Waals surface area contributed by atoms with Gasteiger partial charge in [-0.3, -0.25) is 10.2 Å². The summed E-state index contributed by atoms with van der Waals surface area (Å²) in [5.74, 6) is 5.07. The van der Waals surface area contributed by atoms with Crippen molar-refractivity contribution >= 4 is 5.91 Å². The first-order valence-electron chi connectivity index (χ1n) is 4.54. The minimum absolute atomic E-state index is 0.0238. The first kappa shape index (κ1) is 11.6. The number of hydrogen-bond donors (Lipinski definition) is 2. The molecule has 1 aromatic rings. The van der Waals surface area contributed by atoms with Crippen LogP contribution in [0.1, 0.15) is 26.6 Å². The number of amides is 1. The minimum Gasteiger partial charge on any atom is -0.293 e. The Bertz CT molecular complexity index is 339. The number of nitrogens with two attached hydrogens (primary N) is 1. The van der Waals surface area contributed by atoms with E-state index in [1.807, 2.05) is 32.6 Å². The van der Waals surface area contributed by atoms with Crippen molar-refractivity contribution in [3.05, 3.63) is 12.2 Å². The summed E-state index contributed by atoms with van der Waals surface area (Å²) < 4.78 is 0. The zero-order valence-electron chi connectivity index (χ0n) is 9.06. The average Bonchev–Trinajstić information content (AvgIpc) is 2.49. The normalized spacial score (nSPS) is 11.5. The van der Waals surface area contributed by atoms with Gasteiger partial charge < -0.3 is 0 Å². The summed E-state index contributed by atoms with van der Waals surface area (Å²) in [4.78, 5) is 12.1. The Kier molecular flexibility index (Phi) is 3.35. The molecule has 0 aliphatic heterocycles. The minimum atomic E-state index is -0.366. The van der Waals surface area contributed by atoms with Gasteiger partial charge in [-0.15, -0.1) is 10.2 Å². The maximum absolute atomic E-state index is 10.9. The van der Waals surface area contributed by atoms with Gasteiger partial charge in [0.15, 0.2) is 5.82 Å². The summed E-state index contributed by atoms with van der Waals surface area (Å²) in [6, 6.07) is 0. The van der Waals surface area contributed by atoms with E-state index in [9.17, 15) is 4.79 Å². The van der Waals surface area contributed by atoms with Gasteiger partial charge in [0.2, 0.25) is 0 Å². The van der Waals surface area contributed by atoms with E-state index in [2.05, 4.69) is 15.4 Å². The molecule has 0 aliphatic carbocycles. The summed E-state index contributed by atoms with van der Waals surface area (Å²) in [6.07, 6.45) is 1.87.